The first-order valence-corrected chi connectivity index (χ1v) is 9.98. The number of hydrogen-bond donors (Lipinski definition) is 0. The molecule has 0 radical (unpaired) electrons. The Hall–Kier alpha value is -2.04. The van der Waals surface area contributed by atoms with E-state index in [0.29, 0.717) is 12.5 Å². The van der Waals surface area contributed by atoms with Gasteiger partial charge in [0.1, 0.15) is 0 Å². The molecule has 1 fully saturated rings. The highest BCUT2D eigenvalue weighted by molar-refractivity contribution is 5.66. The summed E-state index contributed by atoms with van der Waals surface area (Å²) in [6.45, 7) is 3.93. The Morgan fingerprint density at radius 2 is 1.36 bits per heavy atom. The van der Waals surface area contributed by atoms with Crippen LogP contribution < -0.4 is 4.74 Å². The van der Waals surface area contributed by atoms with Crippen LogP contribution in [0.3, 0.4) is 0 Å². The van der Waals surface area contributed by atoms with Crippen LogP contribution in [0.4, 0.5) is 17.6 Å². The van der Waals surface area contributed by atoms with Crippen molar-refractivity contribution in [3.8, 4) is 16.9 Å². The van der Waals surface area contributed by atoms with Gasteiger partial charge in [0.2, 0.25) is 5.82 Å². The van der Waals surface area contributed by atoms with Crippen LogP contribution in [-0.2, 0) is 0 Å². The zero-order chi connectivity index (χ0) is 20.3. The summed E-state index contributed by atoms with van der Waals surface area (Å²) >= 11 is 0. The van der Waals surface area contributed by atoms with Gasteiger partial charge in [0.15, 0.2) is 23.2 Å². The van der Waals surface area contributed by atoms with E-state index in [9.17, 15) is 17.6 Å². The smallest absolute Gasteiger partial charge is 0.201 e. The van der Waals surface area contributed by atoms with Crippen molar-refractivity contribution < 1.29 is 22.3 Å². The number of halogens is 4. The molecule has 3 rings (SSSR count). The Morgan fingerprint density at radius 1 is 0.786 bits per heavy atom. The van der Waals surface area contributed by atoms with Crippen molar-refractivity contribution in [2.24, 2.45) is 11.8 Å². The van der Waals surface area contributed by atoms with Crippen LogP contribution in [0.5, 0.6) is 5.75 Å². The Balaban J connectivity index is 1.70. The number of hydrogen-bond acceptors (Lipinski definition) is 1. The molecule has 152 valence electrons. The monoisotopic (exact) mass is 394 g/mol. The van der Waals surface area contributed by atoms with Crippen LogP contribution in [0, 0.1) is 42.0 Å². The SMILES string of the molecule is CCCC1CCC(COc2ccc(-c3ccc(C)c(F)c3F)c(F)c2F)CC1. The molecule has 0 aromatic heterocycles. The molecule has 5 heteroatoms. The van der Waals surface area contributed by atoms with Crippen molar-refractivity contribution in [3.05, 3.63) is 53.1 Å². The lowest BCUT2D eigenvalue weighted by Crippen LogP contribution is -2.20. The zero-order valence-electron chi connectivity index (χ0n) is 16.3. The van der Waals surface area contributed by atoms with Gasteiger partial charge in [0, 0.05) is 11.1 Å². The fourth-order valence-corrected chi connectivity index (χ4v) is 4.01. The summed E-state index contributed by atoms with van der Waals surface area (Å²) in [5.74, 6) is -3.74. The first-order chi connectivity index (χ1) is 13.4. The molecule has 0 amide bonds. The van der Waals surface area contributed by atoms with Gasteiger partial charge in [-0.25, -0.2) is 13.2 Å². The van der Waals surface area contributed by atoms with E-state index in [0.717, 1.165) is 31.6 Å². The second-order valence-corrected chi connectivity index (χ2v) is 7.78. The summed E-state index contributed by atoms with van der Waals surface area (Å²) in [4.78, 5) is 0. The minimum atomic E-state index is -1.23. The molecular formula is C23H26F4O. The third-order valence-electron chi connectivity index (χ3n) is 5.75. The molecule has 1 aliphatic carbocycles. The van der Waals surface area contributed by atoms with Gasteiger partial charge in [-0.05, 0) is 49.3 Å². The lowest BCUT2D eigenvalue weighted by molar-refractivity contribution is 0.173. The molecule has 0 aliphatic heterocycles. The van der Waals surface area contributed by atoms with Crippen molar-refractivity contribution in [1.29, 1.82) is 0 Å². The van der Waals surface area contributed by atoms with Crippen molar-refractivity contribution in [3.63, 3.8) is 0 Å². The molecule has 28 heavy (non-hydrogen) atoms. The van der Waals surface area contributed by atoms with E-state index in [1.807, 2.05) is 0 Å². The Bertz CT molecular complexity index is 826. The van der Waals surface area contributed by atoms with Crippen LogP contribution in [0.15, 0.2) is 24.3 Å². The van der Waals surface area contributed by atoms with E-state index in [1.54, 1.807) is 0 Å². The van der Waals surface area contributed by atoms with Gasteiger partial charge in [-0.3, -0.25) is 0 Å². The average Bonchev–Trinajstić information content (AvgIpc) is 2.69. The Kier molecular flexibility index (Phi) is 6.63. The highest BCUT2D eigenvalue weighted by Crippen LogP contribution is 2.35. The quantitative estimate of drug-likeness (QED) is 0.471. The van der Waals surface area contributed by atoms with Crippen molar-refractivity contribution in [1.82, 2.24) is 0 Å². The van der Waals surface area contributed by atoms with Crippen molar-refractivity contribution in [2.45, 2.75) is 52.4 Å². The zero-order valence-corrected chi connectivity index (χ0v) is 16.3. The molecule has 0 saturated heterocycles. The van der Waals surface area contributed by atoms with Crippen molar-refractivity contribution >= 4 is 0 Å². The van der Waals surface area contributed by atoms with Gasteiger partial charge >= 0.3 is 0 Å². The predicted molar refractivity (Wildman–Crippen MR) is 102 cm³/mol. The van der Waals surface area contributed by atoms with Gasteiger partial charge in [0.25, 0.3) is 0 Å². The van der Waals surface area contributed by atoms with Crippen molar-refractivity contribution in [2.75, 3.05) is 6.61 Å². The van der Waals surface area contributed by atoms with Crippen LogP contribution in [0.1, 0.15) is 51.0 Å². The second kappa shape index (κ2) is 8.97. The van der Waals surface area contributed by atoms with E-state index >= 15 is 0 Å². The van der Waals surface area contributed by atoms with Gasteiger partial charge in [-0.15, -0.1) is 0 Å². The van der Waals surface area contributed by atoms with Crippen LogP contribution in [0.2, 0.25) is 0 Å². The molecule has 0 atom stereocenters. The Morgan fingerprint density at radius 3 is 2.00 bits per heavy atom. The summed E-state index contributed by atoms with van der Waals surface area (Å²) in [6, 6.07) is 5.11. The van der Waals surface area contributed by atoms with Crippen LogP contribution in [-0.4, -0.2) is 6.61 Å². The maximum Gasteiger partial charge on any atom is 0.201 e. The fraction of sp³-hybridized carbons (Fsp3) is 0.478. The van der Waals surface area contributed by atoms with Crippen LogP contribution in [0.25, 0.3) is 11.1 Å². The van der Waals surface area contributed by atoms with E-state index in [-0.39, 0.29) is 22.4 Å². The highest BCUT2D eigenvalue weighted by atomic mass is 19.2. The van der Waals surface area contributed by atoms with Gasteiger partial charge in [-0.2, -0.15) is 4.39 Å². The summed E-state index contributed by atoms with van der Waals surface area (Å²) in [7, 11) is 0. The number of aryl methyl sites for hydroxylation is 1. The molecule has 0 heterocycles. The molecule has 0 N–H and O–H groups in total. The summed E-state index contributed by atoms with van der Waals surface area (Å²) in [5, 5.41) is 0. The summed E-state index contributed by atoms with van der Waals surface area (Å²) < 4.78 is 62.4. The first kappa shape index (κ1) is 20.7. The largest absolute Gasteiger partial charge is 0.490 e. The van der Waals surface area contributed by atoms with Gasteiger partial charge < -0.3 is 4.74 Å². The van der Waals surface area contributed by atoms with E-state index in [4.69, 9.17) is 4.74 Å². The standard InChI is InChI=1S/C23H26F4O/c1-3-4-15-6-8-16(9-7-15)13-28-19-12-11-18(22(26)23(19)27)17-10-5-14(2)20(24)21(17)25/h5,10-12,15-16H,3-4,6-9,13H2,1-2H3. The number of rotatable bonds is 6. The first-order valence-electron chi connectivity index (χ1n) is 9.98. The van der Waals surface area contributed by atoms with Crippen LogP contribution >= 0.6 is 0 Å². The van der Waals surface area contributed by atoms with E-state index in [2.05, 4.69) is 6.92 Å². The average molecular weight is 394 g/mol. The molecule has 0 spiro atoms. The molecule has 1 nitrogen and oxygen atoms in total. The number of benzene rings is 2. The third kappa shape index (κ3) is 4.34. The summed E-state index contributed by atoms with van der Waals surface area (Å²) in [5.41, 5.74) is -0.516. The molecular weight excluding hydrogens is 368 g/mol. The molecule has 2 aromatic carbocycles. The normalized spacial score (nSPS) is 19.6. The minimum absolute atomic E-state index is 0.107. The highest BCUT2D eigenvalue weighted by Gasteiger charge is 2.23. The summed E-state index contributed by atoms with van der Waals surface area (Å²) in [6.07, 6.45) is 6.78. The maximum absolute atomic E-state index is 14.5. The molecule has 0 bridgehead atoms. The maximum atomic E-state index is 14.5. The third-order valence-corrected chi connectivity index (χ3v) is 5.75. The van der Waals surface area contributed by atoms with E-state index in [1.165, 1.54) is 44.0 Å². The van der Waals surface area contributed by atoms with Gasteiger partial charge in [-0.1, -0.05) is 44.7 Å². The molecule has 2 aromatic rings. The molecule has 0 unspecified atom stereocenters. The van der Waals surface area contributed by atoms with E-state index < -0.39 is 23.3 Å². The second-order valence-electron chi connectivity index (χ2n) is 7.78. The molecule has 1 aliphatic rings. The van der Waals surface area contributed by atoms with Gasteiger partial charge in [0.05, 0.1) is 6.61 Å². The molecule has 1 saturated carbocycles. The lowest BCUT2D eigenvalue weighted by atomic mass is 9.80. The topological polar surface area (TPSA) is 9.23 Å². The number of ether oxygens (including phenoxy) is 1. The predicted octanol–water partition coefficient (Wildman–Crippen LogP) is 7.20. The minimum Gasteiger partial charge on any atom is -0.490 e. The Labute approximate surface area is 163 Å². The fourth-order valence-electron chi connectivity index (χ4n) is 4.01. The lowest BCUT2D eigenvalue weighted by Gasteiger charge is -2.28.